The van der Waals surface area contributed by atoms with Gasteiger partial charge in [-0.05, 0) is 36.9 Å². The number of amides is 1. The molecule has 0 spiro atoms. The summed E-state index contributed by atoms with van der Waals surface area (Å²) in [5.74, 6) is 1.04. The summed E-state index contributed by atoms with van der Waals surface area (Å²) in [5, 5.41) is 12.6. The maximum atomic E-state index is 12.1. The van der Waals surface area contributed by atoms with E-state index >= 15 is 0 Å². The molecule has 0 saturated carbocycles. The zero-order valence-electron chi connectivity index (χ0n) is 13.5. The number of aryl methyl sites for hydroxylation is 2. The molecule has 0 radical (unpaired) electrons. The van der Waals surface area contributed by atoms with E-state index in [2.05, 4.69) is 32.6 Å². The lowest BCUT2D eigenvalue weighted by molar-refractivity contribution is -0.113. The Morgan fingerprint density at radius 2 is 2.21 bits per heavy atom. The van der Waals surface area contributed by atoms with Gasteiger partial charge in [0.1, 0.15) is 5.82 Å². The molecule has 0 atom stereocenters. The number of aromatic amines is 1. The highest BCUT2D eigenvalue weighted by molar-refractivity contribution is 7.99. The van der Waals surface area contributed by atoms with Gasteiger partial charge in [0.25, 0.3) is 0 Å². The van der Waals surface area contributed by atoms with Gasteiger partial charge in [0, 0.05) is 17.0 Å². The van der Waals surface area contributed by atoms with E-state index in [9.17, 15) is 4.79 Å². The number of anilines is 1. The van der Waals surface area contributed by atoms with Gasteiger partial charge in [0.2, 0.25) is 11.1 Å². The quantitative estimate of drug-likeness (QED) is 0.658. The monoisotopic (exact) mass is 358 g/mol. The Hall–Kier alpha value is -2.12. The van der Waals surface area contributed by atoms with Gasteiger partial charge >= 0.3 is 0 Å². The van der Waals surface area contributed by atoms with Gasteiger partial charge in [-0.2, -0.15) is 0 Å². The largest absolute Gasteiger partial charge is 0.325 e. The predicted octanol–water partition coefficient (Wildman–Crippen LogP) is 3.80. The summed E-state index contributed by atoms with van der Waals surface area (Å²) >= 11 is 3.02. The van der Waals surface area contributed by atoms with E-state index in [1.54, 1.807) is 11.3 Å². The smallest absolute Gasteiger partial charge is 0.234 e. The average molecular weight is 358 g/mol. The number of thioether (sulfide) groups is 1. The SMILES string of the molecule is Cc1ccc(NC(=O)CSc2n[nH]c(Cc3cccs3)n2)c(C)c1. The molecular formula is C17H18N4OS2. The van der Waals surface area contributed by atoms with Crippen LogP contribution in [0.4, 0.5) is 5.69 Å². The van der Waals surface area contributed by atoms with Gasteiger partial charge in [-0.3, -0.25) is 9.89 Å². The first-order valence-electron chi connectivity index (χ1n) is 7.54. The van der Waals surface area contributed by atoms with Crippen LogP contribution in [0.1, 0.15) is 21.8 Å². The number of rotatable bonds is 6. The number of carbonyl (C=O) groups is 1. The van der Waals surface area contributed by atoms with Crippen molar-refractivity contribution in [2.75, 3.05) is 11.1 Å². The third-order valence-corrected chi connectivity index (χ3v) is 5.15. The molecule has 5 nitrogen and oxygen atoms in total. The Morgan fingerprint density at radius 3 is 2.96 bits per heavy atom. The highest BCUT2D eigenvalue weighted by Gasteiger charge is 2.10. The van der Waals surface area contributed by atoms with Crippen LogP contribution >= 0.6 is 23.1 Å². The minimum atomic E-state index is -0.0587. The standard InChI is InChI=1S/C17H18N4OS2/c1-11-5-6-14(12(2)8-11)18-16(22)10-24-17-19-15(20-21-17)9-13-4-3-7-23-13/h3-8H,9-10H2,1-2H3,(H,18,22)(H,19,20,21). The lowest BCUT2D eigenvalue weighted by atomic mass is 10.1. The highest BCUT2D eigenvalue weighted by atomic mass is 32.2. The van der Waals surface area contributed by atoms with Crippen LogP contribution in [0.25, 0.3) is 0 Å². The third kappa shape index (κ3) is 4.46. The first-order valence-corrected chi connectivity index (χ1v) is 9.40. The molecule has 3 aromatic rings. The number of nitrogens with zero attached hydrogens (tertiary/aromatic N) is 2. The Labute approximate surface area is 148 Å². The van der Waals surface area contributed by atoms with Crippen molar-refractivity contribution in [1.29, 1.82) is 0 Å². The minimum Gasteiger partial charge on any atom is -0.325 e. The van der Waals surface area contributed by atoms with Crippen molar-refractivity contribution in [1.82, 2.24) is 15.2 Å². The number of H-pyrrole nitrogens is 1. The lowest BCUT2D eigenvalue weighted by Gasteiger charge is -2.08. The van der Waals surface area contributed by atoms with Gasteiger partial charge in [0.15, 0.2) is 0 Å². The first kappa shape index (κ1) is 16.7. The van der Waals surface area contributed by atoms with Gasteiger partial charge < -0.3 is 5.32 Å². The lowest BCUT2D eigenvalue weighted by Crippen LogP contribution is -2.15. The molecule has 2 aromatic heterocycles. The van der Waals surface area contributed by atoms with E-state index < -0.39 is 0 Å². The fourth-order valence-corrected chi connectivity index (χ4v) is 3.60. The van der Waals surface area contributed by atoms with Crippen molar-refractivity contribution >= 4 is 34.7 Å². The summed E-state index contributed by atoms with van der Waals surface area (Å²) in [6.07, 6.45) is 0.736. The Morgan fingerprint density at radius 1 is 1.33 bits per heavy atom. The molecule has 0 unspecified atom stereocenters. The van der Waals surface area contributed by atoms with E-state index in [0.29, 0.717) is 5.16 Å². The molecular weight excluding hydrogens is 340 g/mol. The molecule has 2 heterocycles. The summed E-state index contributed by atoms with van der Waals surface area (Å²) in [5.41, 5.74) is 3.09. The zero-order chi connectivity index (χ0) is 16.9. The van der Waals surface area contributed by atoms with E-state index in [1.807, 2.05) is 37.4 Å². The van der Waals surface area contributed by atoms with Crippen LogP contribution in [-0.4, -0.2) is 26.8 Å². The Bertz CT molecular complexity index is 827. The molecule has 0 fully saturated rings. The van der Waals surface area contributed by atoms with Crippen molar-refractivity contribution < 1.29 is 4.79 Å². The summed E-state index contributed by atoms with van der Waals surface area (Å²) < 4.78 is 0. The maximum Gasteiger partial charge on any atom is 0.234 e. The minimum absolute atomic E-state index is 0.0587. The summed E-state index contributed by atoms with van der Waals surface area (Å²) in [4.78, 5) is 17.7. The highest BCUT2D eigenvalue weighted by Crippen LogP contribution is 2.19. The molecule has 0 bridgehead atoms. The molecule has 2 N–H and O–H groups in total. The molecule has 0 saturated heterocycles. The number of carbonyl (C=O) groups excluding carboxylic acids is 1. The second-order valence-corrected chi connectivity index (χ2v) is 7.45. The molecule has 3 rings (SSSR count). The predicted molar refractivity (Wildman–Crippen MR) is 98.8 cm³/mol. The normalized spacial score (nSPS) is 10.8. The summed E-state index contributed by atoms with van der Waals surface area (Å²) in [6.45, 7) is 4.02. The molecule has 0 aliphatic rings. The first-order chi connectivity index (χ1) is 11.6. The molecule has 1 amide bonds. The van der Waals surface area contributed by atoms with Crippen LogP contribution in [0.5, 0.6) is 0 Å². The number of benzene rings is 1. The van der Waals surface area contributed by atoms with Crippen LogP contribution in [-0.2, 0) is 11.2 Å². The maximum absolute atomic E-state index is 12.1. The van der Waals surface area contributed by atoms with Crippen LogP contribution < -0.4 is 5.32 Å². The van der Waals surface area contributed by atoms with Crippen molar-refractivity contribution in [3.63, 3.8) is 0 Å². The van der Waals surface area contributed by atoms with Crippen LogP contribution in [0.15, 0.2) is 40.9 Å². The molecule has 0 aliphatic heterocycles. The third-order valence-electron chi connectivity index (χ3n) is 3.42. The second-order valence-electron chi connectivity index (χ2n) is 5.48. The average Bonchev–Trinajstić information content (AvgIpc) is 3.20. The topological polar surface area (TPSA) is 70.7 Å². The van der Waals surface area contributed by atoms with Crippen molar-refractivity contribution in [3.8, 4) is 0 Å². The van der Waals surface area contributed by atoms with Gasteiger partial charge in [-0.15, -0.1) is 16.4 Å². The fraction of sp³-hybridized carbons (Fsp3) is 0.235. The molecule has 24 heavy (non-hydrogen) atoms. The van der Waals surface area contributed by atoms with E-state index in [-0.39, 0.29) is 11.7 Å². The molecule has 124 valence electrons. The van der Waals surface area contributed by atoms with E-state index in [4.69, 9.17) is 0 Å². The molecule has 7 heteroatoms. The number of hydrogen-bond donors (Lipinski definition) is 2. The van der Waals surface area contributed by atoms with Gasteiger partial charge in [-0.25, -0.2) is 4.98 Å². The Kier molecular flexibility index (Phi) is 5.32. The number of aromatic nitrogens is 3. The van der Waals surface area contributed by atoms with Crippen LogP contribution in [0, 0.1) is 13.8 Å². The number of hydrogen-bond acceptors (Lipinski definition) is 5. The molecule has 0 aliphatic carbocycles. The molecule has 1 aromatic carbocycles. The summed E-state index contributed by atoms with van der Waals surface area (Å²) in [7, 11) is 0. The van der Waals surface area contributed by atoms with Crippen LogP contribution in [0.2, 0.25) is 0 Å². The van der Waals surface area contributed by atoms with Crippen molar-refractivity contribution in [2.24, 2.45) is 0 Å². The van der Waals surface area contributed by atoms with Gasteiger partial charge in [0.05, 0.1) is 5.75 Å². The van der Waals surface area contributed by atoms with Crippen molar-refractivity contribution in [3.05, 3.63) is 57.5 Å². The van der Waals surface area contributed by atoms with Gasteiger partial charge in [-0.1, -0.05) is 35.5 Å². The fourth-order valence-electron chi connectivity index (χ4n) is 2.27. The number of nitrogens with one attached hydrogen (secondary N) is 2. The zero-order valence-corrected chi connectivity index (χ0v) is 15.1. The summed E-state index contributed by atoms with van der Waals surface area (Å²) in [6, 6.07) is 10.1. The van der Waals surface area contributed by atoms with E-state index in [0.717, 1.165) is 23.5 Å². The Balaban J connectivity index is 1.52. The second kappa shape index (κ2) is 7.63. The van der Waals surface area contributed by atoms with Crippen molar-refractivity contribution in [2.45, 2.75) is 25.4 Å². The van der Waals surface area contributed by atoms with E-state index in [1.165, 1.54) is 22.2 Å². The van der Waals surface area contributed by atoms with Crippen LogP contribution in [0.3, 0.4) is 0 Å². The number of thiophene rings is 1.